The second-order valence-corrected chi connectivity index (χ2v) is 10.4. The van der Waals surface area contributed by atoms with Gasteiger partial charge in [-0.3, -0.25) is 4.79 Å². The zero-order valence-corrected chi connectivity index (χ0v) is 18.9. The largest absolute Gasteiger partial charge is 0.384 e. The number of ether oxygens (including phenoxy) is 1. The van der Waals surface area contributed by atoms with E-state index < -0.39 is 9.84 Å². The van der Waals surface area contributed by atoms with E-state index in [0.29, 0.717) is 10.6 Å². The van der Waals surface area contributed by atoms with Crippen molar-refractivity contribution >= 4 is 38.7 Å². The Bertz CT molecular complexity index is 1120. The molecule has 1 heterocycles. The van der Waals surface area contributed by atoms with E-state index in [2.05, 4.69) is 10.3 Å². The van der Waals surface area contributed by atoms with E-state index >= 15 is 0 Å². The molecule has 0 atom stereocenters. The molecule has 9 heteroatoms. The minimum absolute atomic E-state index is 0.103. The van der Waals surface area contributed by atoms with E-state index in [4.69, 9.17) is 16.3 Å². The molecular formula is C21H21ClN2O4S2. The Labute approximate surface area is 184 Å². The highest BCUT2D eigenvalue weighted by Gasteiger charge is 2.16. The molecule has 1 amide bonds. The molecule has 0 aliphatic carbocycles. The molecular weight excluding hydrogens is 444 g/mol. The summed E-state index contributed by atoms with van der Waals surface area (Å²) >= 11 is 7.45. The lowest BCUT2D eigenvalue weighted by Crippen LogP contribution is -2.22. The van der Waals surface area contributed by atoms with Gasteiger partial charge in [-0.05, 0) is 43.3 Å². The van der Waals surface area contributed by atoms with Gasteiger partial charge in [0.15, 0.2) is 9.84 Å². The van der Waals surface area contributed by atoms with Gasteiger partial charge in [0.25, 0.3) is 5.91 Å². The molecule has 3 aromatic rings. The molecule has 0 radical (unpaired) electrons. The van der Waals surface area contributed by atoms with Gasteiger partial charge in [0.1, 0.15) is 5.01 Å². The predicted octanol–water partition coefficient (Wildman–Crippen LogP) is 4.12. The number of hydrogen-bond donors (Lipinski definition) is 1. The third-order valence-corrected chi connectivity index (χ3v) is 7.31. The van der Waals surface area contributed by atoms with Gasteiger partial charge >= 0.3 is 0 Å². The standard InChI is InChI=1S/C21H21ClN2O4S2/c1-14-20(15-3-7-17(22)8-4-15)24-19(29-14)13-23-21(25)16-5-9-18(10-6-16)30(26,27)12-11-28-2/h3-10H,11-13H2,1-2H3,(H,23,25). The molecule has 6 nitrogen and oxygen atoms in total. The highest BCUT2D eigenvalue weighted by Crippen LogP contribution is 2.28. The van der Waals surface area contributed by atoms with Crippen molar-refractivity contribution in [2.24, 2.45) is 0 Å². The fraction of sp³-hybridized carbons (Fsp3) is 0.238. The van der Waals surface area contributed by atoms with Crippen LogP contribution in [0, 0.1) is 6.92 Å². The maximum Gasteiger partial charge on any atom is 0.251 e. The van der Waals surface area contributed by atoms with Crippen LogP contribution in [0.5, 0.6) is 0 Å². The first-order chi connectivity index (χ1) is 14.3. The van der Waals surface area contributed by atoms with Gasteiger partial charge in [0.05, 0.1) is 29.5 Å². The third kappa shape index (κ3) is 5.46. The fourth-order valence-electron chi connectivity index (χ4n) is 2.78. The van der Waals surface area contributed by atoms with Crippen LogP contribution in [0.3, 0.4) is 0 Å². The van der Waals surface area contributed by atoms with E-state index in [1.54, 1.807) is 0 Å². The summed E-state index contributed by atoms with van der Waals surface area (Å²) in [5.74, 6) is -0.397. The van der Waals surface area contributed by atoms with E-state index in [0.717, 1.165) is 21.1 Å². The van der Waals surface area contributed by atoms with E-state index in [1.165, 1.54) is 42.7 Å². The molecule has 0 fully saturated rings. The van der Waals surface area contributed by atoms with Crippen LogP contribution in [0.25, 0.3) is 11.3 Å². The molecule has 2 aromatic carbocycles. The number of nitrogens with zero attached hydrogens (tertiary/aromatic N) is 1. The van der Waals surface area contributed by atoms with E-state index in [-0.39, 0.29) is 29.7 Å². The number of hydrogen-bond acceptors (Lipinski definition) is 6. The third-order valence-electron chi connectivity index (χ3n) is 4.39. The minimum Gasteiger partial charge on any atom is -0.384 e. The van der Waals surface area contributed by atoms with Gasteiger partial charge in [-0.15, -0.1) is 11.3 Å². The Kier molecular flexibility index (Phi) is 7.25. The van der Waals surface area contributed by atoms with Crippen LogP contribution in [0.1, 0.15) is 20.2 Å². The number of thiazole rings is 1. The lowest BCUT2D eigenvalue weighted by atomic mass is 10.1. The number of nitrogens with one attached hydrogen (secondary N) is 1. The maximum atomic E-state index is 12.4. The average molecular weight is 465 g/mol. The first-order valence-corrected chi connectivity index (χ1v) is 12.0. The molecule has 158 valence electrons. The van der Waals surface area contributed by atoms with Crippen LogP contribution < -0.4 is 5.32 Å². The fourth-order valence-corrected chi connectivity index (χ4v) is 4.98. The first-order valence-electron chi connectivity index (χ1n) is 9.12. The van der Waals surface area contributed by atoms with Crippen molar-refractivity contribution in [2.45, 2.75) is 18.4 Å². The summed E-state index contributed by atoms with van der Waals surface area (Å²) in [6.07, 6.45) is 0. The van der Waals surface area contributed by atoms with Gasteiger partial charge in [0.2, 0.25) is 0 Å². The molecule has 0 aliphatic heterocycles. The molecule has 1 aromatic heterocycles. The Morgan fingerprint density at radius 2 is 1.80 bits per heavy atom. The molecule has 1 N–H and O–H groups in total. The second-order valence-electron chi connectivity index (χ2n) is 6.54. The molecule has 30 heavy (non-hydrogen) atoms. The smallest absolute Gasteiger partial charge is 0.251 e. The highest BCUT2D eigenvalue weighted by atomic mass is 35.5. The zero-order chi connectivity index (χ0) is 21.7. The summed E-state index contributed by atoms with van der Waals surface area (Å²) in [5, 5.41) is 4.27. The number of methoxy groups -OCH3 is 1. The van der Waals surface area contributed by atoms with Crippen LogP contribution >= 0.6 is 22.9 Å². The van der Waals surface area contributed by atoms with Crippen molar-refractivity contribution in [1.82, 2.24) is 10.3 Å². The summed E-state index contributed by atoms with van der Waals surface area (Å²) in [7, 11) is -1.97. The quantitative estimate of drug-likeness (QED) is 0.542. The Morgan fingerprint density at radius 1 is 1.13 bits per heavy atom. The minimum atomic E-state index is -3.42. The number of sulfone groups is 1. The summed E-state index contributed by atoms with van der Waals surface area (Å²) in [6.45, 7) is 2.39. The van der Waals surface area contributed by atoms with E-state index in [1.807, 2.05) is 31.2 Å². The maximum absolute atomic E-state index is 12.4. The Balaban J connectivity index is 1.65. The molecule has 3 rings (SSSR count). The topological polar surface area (TPSA) is 85.4 Å². The zero-order valence-electron chi connectivity index (χ0n) is 16.5. The van der Waals surface area contributed by atoms with Gasteiger partial charge in [0, 0.05) is 28.1 Å². The van der Waals surface area contributed by atoms with Gasteiger partial charge in [-0.1, -0.05) is 23.7 Å². The number of halogens is 1. The number of aryl methyl sites for hydroxylation is 1. The predicted molar refractivity (Wildman–Crippen MR) is 119 cm³/mol. The molecule has 0 aliphatic rings. The second kappa shape index (κ2) is 9.70. The lowest BCUT2D eigenvalue weighted by Gasteiger charge is -2.06. The SMILES string of the molecule is COCCS(=O)(=O)c1ccc(C(=O)NCc2nc(-c3ccc(Cl)cc3)c(C)s2)cc1. The molecule has 0 saturated heterocycles. The number of aromatic nitrogens is 1. The van der Waals surface area contributed by atoms with Crippen LogP contribution in [0.15, 0.2) is 53.4 Å². The number of benzene rings is 2. The summed E-state index contributed by atoms with van der Waals surface area (Å²) < 4.78 is 29.1. The van der Waals surface area contributed by atoms with Crippen LogP contribution in [-0.4, -0.2) is 38.8 Å². The van der Waals surface area contributed by atoms with Crippen LogP contribution in [0.2, 0.25) is 5.02 Å². The summed E-state index contributed by atoms with van der Waals surface area (Å²) in [6, 6.07) is 13.3. The number of rotatable bonds is 8. The van der Waals surface area contributed by atoms with Gasteiger partial charge in [-0.25, -0.2) is 13.4 Å². The molecule has 0 bridgehead atoms. The summed E-state index contributed by atoms with van der Waals surface area (Å²) in [4.78, 5) is 18.3. The first kappa shape index (κ1) is 22.4. The van der Waals surface area contributed by atoms with Crippen molar-refractivity contribution in [3.8, 4) is 11.3 Å². The van der Waals surface area contributed by atoms with Gasteiger partial charge in [-0.2, -0.15) is 0 Å². The number of carbonyl (C=O) groups is 1. The summed E-state index contributed by atoms with van der Waals surface area (Å²) in [5.41, 5.74) is 2.22. The normalized spacial score (nSPS) is 11.4. The van der Waals surface area contributed by atoms with Crippen LogP contribution in [0.4, 0.5) is 0 Å². The Hall–Kier alpha value is -2.26. The van der Waals surface area contributed by atoms with Crippen molar-refractivity contribution in [2.75, 3.05) is 19.5 Å². The lowest BCUT2D eigenvalue weighted by molar-refractivity contribution is 0.0950. The van der Waals surface area contributed by atoms with Crippen LogP contribution in [-0.2, 0) is 21.1 Å². The number of amides is 1. The van der Waals surface area contributed by atoms with E-state index in [9.17, 15) is 13.2 Å². The monoisotopic (exact) mass is 464 g/mol. The molecule has 0 saturated carbocycles. The van der Waals surface area contributed by atoms with Crippen molar-refractivity contribution < 1.29 is 17.9 Å². The highest BCUT2D eigenvalue weighted by molar-refractivity contribution is 7.91. The number of carbonyl (C=O) groups excluding carboxylic acids is 1. The van der Waals surface area contributed by atoms with Gasteiger partial charge < -0.3 is 10.1 Å². The molecule has 0 spiro atoms. The Morgan fingerprint density at radius 3 is 2.43 bits per heavy atom. The average Bonchev–Trinajstić information content (AvgIpc) is 3.11. The van der Waals surface area contributed by atoms with Crippen molar-refractivity contribution in [3.05, 3.63) is 69.0 Å². The van der Waals surface area contributed by atoms with Crippen molar-refractivity contribution in [3.63, 3.8) is 0 Å². The van der Waals surface area contributed by atoms with Crippen molar-refractivity contribution in [1.29, 1.82) is 0 Å². The molecule has 0 unspecified atom stereocenters.